The number of fused-ring (bicyclic) bond motifs is 2. The van der Waals surface area contributed by atoms with Crippen LogP contribution in [0.5, 0.6) is 0 Å². The number of aromatic nitrogens is 4. The summed E-state index contributed by atoms with van der Waals surface area (Å²) in [5.41, 5.74) is -1.75. The number of rotatable bonds is 2. The Kier molecular flexibility index (Phi) is 1.88. The average Bonchev–Trinajstić information content (AvgIpc) is 2.99. The molecule has 0 amide bonds. The van der Waals surface area contributed by atoms with Crippen LogP contribution in [0.15, 0.2) is 22.2 Å². The van der Waals surface area contributed by atoms with E-state index in [1.165, 1.54) is 0 Å². The highest BCUT2D eigenvalue weighted by atomic mass is 16.1. The van der Waals surface area contributed by atoms with E-state index in [1.807, 2.05) is 0 Å². The molecule has 0 aliphatic carbocycles. The van der Waals surface area contributed by atoms with Crippen molar-refractivity contribution in [1.82, 2.24) is 18.8 Å². The first-order valence-electron chi connectivity index (χ1n) is 4.83. The first-order chi connectivity index (χ1) is 8.69. The zero-order valence-corrected chi connectivity index (χ0v) is 8.73. The molecule has 3 rings (SSSR count). The van der Waals surface area contributed by atoms with Crippen molar-refractivity contribution in [2.24, 2.45) is 0 Å². The molecule has 0 saturated carbocycles. The zero-order chi connectivity index (χ0) is 12.9. The fraction of sp³-hybridized carbons (Fsp3) is 0. The van der Waals surface area contributed by atoms with E-state index in [4.69, 9.17) is 0 Å². The molecule has 8 nitrogen and oxygen atoms in total. The third-order valence-corrected chi connectivity index (χ3v) is 2.66. The Hall–Kier alpha value is -2.90. The molecule has 88 valence electrons. The van der Waals surface area contributed by atoms with Crippen molar-refractivity contribution < 1.29 is 9.59 Å². The molecule has 18 heavy (non-hydrogen) atoms. The van der Waals surface area contributed by atoms with Crippen LogP contribution in [0.2, 0.25) is 0 Å². The van der Waals surface area contributed by atoms with Crippen molar-refractivity contribution in [3.63, 3.8) is 0 Å². The number of hydrogen-bond donors (Lipinski definition) is 0. The second-order valence-electron chi connectivity index (χ2n) is 3.54. The summed E-state index contributed by atoms with van der Waals surface area (Å²) in [6, 6.07) is 0. The van der Waals surface area contributed by atoms with Gasteiger partial charge in [0, 0.05) is 0 Å². The molecule has 3 heterocycles. The zero-order valence-electron chi connectivity index (χ0n) is 8.73. The molecule has 0 fully saturated rings. The lowest BCUT2D eigenvalue weighted by Crippen LogP contribution is -2.26. The number of imidazole rings is 2. The van der Waals surface area contributed by atoms with E-state index in [2.05, 4.69) is 9.97 Å². The van der Waals surface area contributed by atoms with Crippen LogP contribution in [-0.4, -0.2) is 31.3 Å². The van der Waals surface area contributed by atoms with E-state index < -0.39 is 11.1 Å². The summed E-state index contributed by atoms with van der Waals surface area (Å²) in [6.45, 7) is 0. The average molecular weight is 244 g/mol. The molecule has 0 bridgehead atoms. The van der Waals surface area contributed by atoms with Gasteiger partial charge in [0.15, 0.2) is 12.6 Å². The molecule has 0 N–H and O–H groups in total. The van der Waals surface area contributed by atoms with E-state index >= 15 is 0 Å². The van der Waals surface area contributed by atoms with Crippen molar-refractivity contribution in [1.29, 1.82) is 0 Å². The van der Waals surface area contributed by atoms with Crippen molar-refractivity contribution in [3.05, 3.63) is 44.8 Å². The second-order valence-corrected chi connectivity index (χ2v) is 3.54. The highest BCUT2D eigenvalue weighted by Crippen LogP contribution is 2.04. The summed E-state index contributed by atoms with van der Waals surface area (Å²) in [7, 11) is 0. The van der Waals surface area contributed by atoms with Crippen LogP contribution in [0, 0.1) is 0 Å². The second kappa shape index (κ2) is 3.29. The standard InChI is InChI=1S/C10H4N4O4/c15-1-5-7-9(17)14-4-12-6(2-16)8(14)10(18)13(7)3-11-5/h1-4H. The van der Waals surface area contributed by atoms with Crippen LogP contribution in [-0.2, 0) is 0 Å². The molecule has 0 atom stereocenters. The van der Waals surface area contributed by atoms with Crippen LogP contribution < -0.4 is 11.1 Å². The predicted octanol–water partition coefficient (Wildman–Crippen LogP) is -1.23. The van der Waals surface area contributed by atoms with Gasteiger partial charge in [-0.1, -0.05) is 0 Å². The van der Waals surface area contributed by atoms with Crippen molar-refractivity contribution in [3.8, 4) is 0 Å². The van der Waals surface area contributed by atoms with Gasteiger partial charge in [0.1, 0.15) is 35.1 Å². The maximum Gasteiger partial charge on any atom is 0.283 e. The lowest BCUT2D eigenvalue weighted by Gasteiger charge is -1.95. The van der Waals surface area contributed by atoms with E-state index in [9.17, 15) is 19.2 Å². The van der Waals surface area contributed by atoms with Gasteiger partial charge in [-0.2, -0.15) is 0 Å². The van der Waals surface area contributed by atoms with Gasteiger partial charge in [-0.05, 0) is 0 Å². The lowest BCUT2D eigenvalue weighted by molar-refractivity contribution is 0.111. The molecule has 0 aliphatic heterocycles. The van der Waals surface area contributed by atoms with E-state index in [1.54, 1.807) is 0 Å². The molecule has 3 aromatic heterocycles. The molecular weight excluding hydrogens is 240 g/mol. The van der Waals surface area contributed by atoms with Gasteiger partial charge < -0.3 is 0 Å². The topological polar surface area (TPSA) is 103 Å². The number of carbonyl (C=O) groups is 2. The Labute approximate surface area is 97.5 Å². The van der Waals surface area contributed by atoms with Gasteiger partial charge in [-0.25, -0.2) is 9.97 Å². The van der Waals surface area contributed by atoms with Gasteiger partial charge in [0.05, 0.1) is 0 Å². The highest BCUT2D eigenvalue weighted by molar-refractivity contribution is 5.86. The van der Waals surface area contributed by atoms with Crippen LogP contribution in [0.25, 0.3) is 11.0 Å². The van der Waals surface area contributed by atoms with Gasteiger partial charge in [0.2, 0.25) is 0 Å². The van der Waals surface area contributed by atoms with Gasteiger partial charge >= 0.3 is 0 Å². The first-order valence-corrected chi connectivity index (χ1v) is 4.83. The highest BCUT2D eigenvalue weighted by Gasteiger charge is 2.18. The largest absolute Gasteiger partial charge is 0.296 e. The van der Waals surface area contributed by atoms with Crippen molar-refractivity contribution in [2.75, 3.05) is 0 Å². The van der Waals surface area contributed by atoms with Crippen LogP contribution in [0.1, 0.15) is 21.0 Å². The molecule has 0 radical (unpaired) electrons. The molecule has 0 spiro atoms. The number of aldehydes is 2. The summed E-state index contributed by atoms with van der Waals surface area (Å²) in [6.07, 6.45) is 2.92. The molecule has 0 unspecified atom stereocenters. The minimum absolute atomic E-state index is 0.125. The van der Waals surface area contributed by atoms with Gasteiger partial charge in [-0.3, -0.25) is 28.0 Å². The molecule has 0 aromatic carbocycles. The molecule has 0 saturated heterocycles. The third-order valence-electron chi connectivity index (χ3n) is 2.66. The Morgan fingerprint density at radius 3 is 1.56 bits per heavy atom. The molecule has 0 aliphatic rings. The smallest absolute Gasteiger partial charge is 0.283 e. The van der Waals surface area contributed by atoms with Crippen LogP contribution >= 0.6 is 0 Å². The van der Waals surface area contributed by atoms with Crippen molar-refractivity contribution >= 4 is 23.6 Å². The third kappa shape index (κ3) is 1.03. The van der Waals surface area contributed by atoms with Gasteiger partial charge in [-0.15, -0.1) is 0 Å². The minimum atomic E-state index is -0.621. The number of carbonyl (C=O) groups excluding carboxylic acids is 2. The molecular formula is C10H4N4O4. The monoisotopic (exact) mass is 244 g/mol. The minimum Gasteiger partial charge on any atom is -0.296 e. The Bertz CT molecular complexity index is 831. The van der Waals surface area contributed by atoms with Crippen LogP contribution in [0.4, 0.5) is 0 Å². The van der Waals surface area contributed by atoms with E-state index in [0.29, 0.717) is 12.6 Å². The Balaban J connectivity index is 2.73. The quantitative estimate of drug-likeness (QED) is 0.522. The maximum absolute atomic E-state index is 12.1. The van der Waals surface area contributed by atoms with E-state index in [-0.39, 0.29) is 22.4 Å². The summed E-state index contributed by atoms with van der Waals surface area (Å²) >= 11 is 0. The SMILES string of the molecule is O=Cc1ncn2c(=O)c3c(C=O)ncn3c(=O)c12. The summed E-state index contributed by atoms with van der Waals surface area (Å²) in [4.78, 5) is 52.9. The fourth-order valence-corrected chi connectivity index (χ4v) is 1.86. The molecule has 3 aromatic rings. The lowest BCUT2D eigenvalue weighted by atomic mass is 10.3. The Morgan fingerprint density at radius 2 is 1.22 bits per heavy atom. The number of hydrogen-bond acceptors (Lipinski definition) is 6. The van der Waals surface area contributed by atoms with Gasteiger partial charge in [0.25, 0.3) is 11.1 Å². The predicted molar refractivity (Wildman–Crippen MR) is 58.4 cm³/mol. The summed E-state index contributed by atoms with van der Waals surface area (Å²) < 4.78 is 1.88. The van der Waals surface area contributed by atoms with Crippen molar-refractivity contribution in [2.45, 2.75) is 0 Å². The Morgan fingerprint density at radius 1 is 0.833 bits per heavy atom. The van der Waals surface area contributed by atoms with Crippen LogP contribution in [0.3, 0.4) is 0 Å². The number of nitrogens with zero attached hydrogens (tertiary/aromatic N) is 4. The maximum atomic E-state index is 12.1. The summed E-state index contributed by atoms with van der Waals surface area (Å²) in [5.74, 6) is 0. The summed E-state index contributed by atoms with van der Waals surface area (Å²) in [5, 5.41) is 0. The molecule has 8 heteroatoms. The first kappa shape index (κ1) is 10.3. The normalized spacial score (nSPS) is 11.1. The van der Waals surface area contributed by atoms with E-state index in [0.717, 1.165) is 21.5 Å². The fourth-order valence-electron chi connectivity index (χ4n) is 1.86.